The molecule has 0 aromatic carbocycles. The van der Waals surface area contributed by atoms with E-state index in [1.165, 1.54) is 12.2 Å². The summed E-state index contributed by atoms with van der Waals surface area (Å²) in [4.78, 5) is 10.3. The third-order valence-corrected chi connectivity index (χ3v) is 1.10. The summed E-state index contributed by atoms with van der Waals surface area (Å²) < 4.78 is 0. The minimum Gasteiger partial charge on any atom is -0.478 e. The molecule has 0 spiro atoms. The van der Waals surface area contributed by atoms with Crippen LogP contribution in [0.3, 0.4) is 0 Å². The highest BCUT2D eigenvalue weighted by atomic mass is 16.4. The summed E-state index contributed by atoms with van der Waals surface area (Å²) in [6, 6.07) is 0.667. The van der Waals surface area contributed by atoms with Gasteiger partial charge >= 0.3 is 5.97 Å². The molecule has 1 aliphatic carbocycles. The topological polar surface area (TPSA) is 64.9 Å². The molecule has 0 saturated heterocycles. The summed E-state index contributed by atoms with van der Waals surface area (Å²) >= 11 is 0. The Kier molecular flexibility index (Phi) is 1.71. The lowest BCUT2D eigenvalue weighted by atomic mass is 10.1. The fourth-order valence-corrected chi connectivity index (χ4v) is 0.645. The number of aliphatic carboxylic acids is 1. The molecular formula is C7H7NO2+. The standard InChI is InChI=1S/C7H7NO2/c8-6-3-1-2-5(4-6)7(9)10/h2-4H,8H3,(H,9,10)/q+1. The van der Waals surface area contributed by atoms with Crippen LogP contribution in [0.25, 0.3) is 0 Å². The van der Waals surface area contributed by atoms with Gasteiger partial charge in [-0.25, -0.2) is 4.79 Å². The van der Waals surface area contributed by atoms with E-state index in [-0.39, 0.29) is 5.57 Å². The van der Waals surface area contributed by atoms with Crippen LogP contribution in [0.4, 0.5) is 0 Å². The molecule has 1 radical (unpaired) electrons. The Morgan fingerprint density at radius 1 is 1.60 bits per heavy atom. The van der Waals surface area contributed by atoms with E-state index in [0.717, 1.165) is 0 Å². The third-order valence-electron chi connectivity index (χ3n) is 1.10. The highest BCUT2D eigenvalue weighted by Crippen LogP contribution is 2.05. The van der Waals surface area contributed by atoms with Gasteiger partial charge in [-0.15, -0.1) is 5.73 Å². The molecule has 1 rings (SSSR count). The molecule has 0 aromatic heterocycles. The Balaban J connectivity index is 2.91. The van der Waals surface area contributed by atoms with Crippen molar-refractivity contribution >= 4 is 5.97 Å². The molecule has 0 aromatic rings. The average molecular weight is 137 g/mol. The quantitative estimate of drug-likeness (QED) is 0.478. The van der Waals surface area contributed by atoms with E-state index in [1.807, 2.05) is 0 Å². The van der Waals surface area contributed by atoms with E-state index in [1.54, 1.807) is 6.08 Å². The predicted molar refractivity (Wildman–Crippen MR) is 34.5 cm³/mol. The Labute approximate surface area is 58.1 Å². The molecule has 0 fully saturated rings. The van der Waals surface area contributed by atoms with Gasteiger partial charge in [0.1, 0.15) is 0 Å². The van der Waals surface area contributed by atoms with Crippen LogP contribution in [0.1, 0.15) is 0 Å². The number of carboxylic acid groups (broad SMARTS) is 1. The van der Waals surface area contributed by atoms with Crippen molar-refractivity contribution in [3.8, 4) is 0 Å². The number of carbonyl (C=O) groups is 1. The van der Waals surface area contributed by atoms with Crippen LogP contribution in [0.15, 0.2) is 29.5 Å². The first kappa shape index (κ1) is 6.81. The second kappa shape index (κ2) is 2.52. The van der Waals surface area contributed by atoms with E-state index >= 15 is 0 Å². The monoisotopic (exact) mass is 137 g/mol. The first-order valence-electron chi connectivity index (χ1n) is 2.76. The second-order valence-corrected chi connectivity index (χ2v) is 1.94. The maximum absolute atomic E-state index is 10.3. The van der Waals surface area contributed by atoms with Crippen LogP contribution < -0.4 is 5.73 Å². The van der Waals surface area contributed by atoms with Crippen LogP contribution in [0.5, 0.6) is 0 Å². The van der Waals surface area contributed by atoms with Crippen molar-refractivity contribution in [2.75, 3.05) is 0 Å². The van der Waals surface area contributed by atoms with E-state index in [0.29, 0.717) is 6.04 Å². The Bertz CT molecular complexity index is 246. The molecule has 1 aliphatic rings. The molecule has 0 bridgehead atoms. The van der Waals surface area contributed by atoms with Crippen molar-refractivity contribution in [1.82, 2.24) is 0 Å². The molecule has 0 unspecified atom stereocenters. The molecule has 0 saturated carbocycles. The molecule has 3 heteroatoms. The van der Waals surface area contributed by atoms with Crippen LogP contribution in [-0.4, -0.2) is 11.1 Å². The Hall–Kier alpha value is -1.31. The third kappa shape index (κ3) is 1.35. The summed E-state index contributed by atoms with van der Waals surface area (Å²) in [5, 5.41) is 8.46. The zero-order valence-electron chi connectivity index (χ0n) is 5.29. The lowest BCUT2D eigenvalue weighted by Crippen LogP contribution is -2.52. The molecule has 0 aliphatic heterocycles. The zero-order valence-corrected chi connectivity index (χ0v) is 5.29. The normalized spacial score (nSPS) is 17.1. The van der Waals surface area contributed by atoms with Crippen molar-refractivity contribution in [1.29, 1.82) is 0 Å². The summed E-state index contributed by atoms with van der Waals surface area (Å²) in [5.41, 5.74) is 6.47. The van der Waals surface area contributed by atoms with E-state index in [9.17, 15) is 4.79 Å². The molecule has 0 amide bonds. The maximum Gasteiger partial charge on any atom is 0.336 e. The molecule has 4 N–H and O–H groups in total. The fourth-order valence-electron chi connectivity index (χ4n) is 0.645. The van der Waals surface area contributed by atoms with Crippen molar-refractivity contribution in [2.24, 2.45) is 0 Å². The zero-order chi connectivity index (χ0) is 7.56. The van der Waals surface area contributed by atoms with Crippen molar-refractivity contribution in [3.05, 3.63) is 35.6 Å². The van der Waals surface area contributed by atoms with Gasteiger partial charge in [-0.3, -0.25) is 0 Å². The number of rotatable bonds is 1. The summed E-state index contributed by atoms with van der Waals surface area (Å²) in [5.74, 6) is -0.943. The first-order chi connectivity index (χ1) is 4.70. The minimum atomic E-state index is -0.943. The highest BCUT2D eigenvalue weighted by molar-refractivity contribution is 5.90. The molecule has 3 nitrogen and oxygen atoms in total. The molecule has 51 valence electrons. The summed E-state index contributed by atoms with van der Waals surface area (Å²) in [6.07, 6.45) is 4.54. The predicted octanol–water partition coefficient (Wildman–Crippen LogP) is -0.504. The fraction of sp³-hybridized carbons (Fsp3) is 0. The number of quaternary nitrogens is 1. The van der Waals surface area contributed by atoms with Gasteiger partial charge < -0.3 is 10.8 Å². The van der Waals surface area contributed by atoms with Gasteiger partial charge in [-0.1, -0.05) is 0 Å². The number of carboxylic acids is 1. The number of hydrogen-bond acceptors (Lipinski definition) is 1. The SMILES string of the molecule is [NH3+][C]1C=C=CC(C(=O)O)=C1. The smallest absolute Gasteiger partial charge is 0.336 e. The van der Waals surface area contributed by atoms with Crippen molar-refractivity contribution in [3.63, 3.8) is 0 Å². The van der Waals surface area contributed by atoms with Gasteiger partial charge in [-0.2, -0.15) is 0 Å². The lowest BCUT2D eigenvalue weighted by Gasteiger charge is -1.97. The average Bonchev–Trinajstić information content (AvgIpc) is 1.88. The van der Waals surface area contributed by atoms with E-state index in [4.69, 9.17) is 5.11 Å². The highest BCUT2D eigenvalue weighted by Gasteiger charge is 2.10. The molecule has 0 heterocycles. The molecule has 10 heavy (non-hydrogen) atoms. The van der Waals surface area contributed by atoms with Crippen molar-refractivity contribution < 1.29 is 15.6 Å². The van der Waals surface area contributed by atoms with Crippen LogP contribution in [0, 0.1) is 6.04 Å². The van der Waals surface area contributed by atoms with E-state index in [2.05, 4.69) is 11.5 Å². The lowest BCUT2D eigenvalue weighted by molar-refractivity contribution is -0.330. The van der Waals surface area contributed by atoms with Gasteiger partial charge in [0.25, 0.3) is 0 Å². The van der Waals surface area contributed by atoms with Crippen LogP contribution in [-0.2, 0) is 4.79 Å². The van der Waals surface area contributed by atoms with Crippen LogP contribution in [0.2, 0.25) is 0 Å². The first-order valence-corrected chi connectivity index (χ1v) is 2.76. The molecule has 0 atom stereocenters. The number of hydrogen-bond donors (Lipinski definition) is 2. The Morgan fingerprint density at radius 2 is 2.30 bits per heavy atom. The van der Waals surface area contributed by atoms with Gasteiger partial charge in [0.2, 0.25) is 6.04 Å². The summed E-state index contributed by atoms with van der Waals surface area (Å²) in [6.45, 7) is 0. The second-order valence-electron chi connectivity index (χ2n) is 1.94. The molecular weight excluding hydrogens is 130 g/mol. The van der Waals surface area contributed by atoms with E-state index < -0.39 is 5.97 Å². The van der Waals surface area contributed by atoms with Crippen molar-refractivity contribution in [2.45, 2.75) is 0 Å². The minimum absolute atomic E-state index is 0.229. The Morgan fingerprint density at radius 3 is 2.70 bits per heavy atom. The van der Waals surface area contributed by atoms with Gasteiger partial charge in [0, 0.05) is 12.2 Å². The summed E-state index contributed by atoms with van der Waals surface area (Å²) in [7, 11) is 0. The van der Waals surface area contributed by atoms with Crippen LogP contribution >= 0.6 is 0 Å². The van der Waals surface area contributed by atoms with Gasteiger partial charge in [0.15, 0.2) is 0 Å². The van der Waals surface area contributed by atoms with Gasteiger partial charge in [-0.05, 0) is 6.08 Å². The maximum atomic E-state index is 10.3. The largest absolute Gasteiger partial charge is 0.478 e. The van der Waals surface area contributed by atoms with Gasteiger partial charge in [0.05, 0.1) is 5.57 Å².